The number of aryl methyl sites for hydroxylation is 1. The molecule has 0 saturated carbocycles. The van der Waals surface area contributed by atoms with Gasteiger partial charge in [-0.2, -0.15) is 17.6 Å². The maximum Gasteiger partial charge on any atom is 0.432 e. The zero-order valence-electron chi connectivity index (χ0n) is 19.2. The molecule has 0 radical (unpaired) electrons. The summed E-state index contributed by atoms with van der Waals surface area (Å²) in [7, 11) is 0. The second-order valence-electron chi connectivity index (χ2n) is 8.15. The molecule has 0 aliphatic heterocycles. The van der Waals surface area contributed by atoms with Crippen LogP contribution < -0.4 is 9.47 Å². The molecule has 0 amide bonds. The van der Waals surface area contributed by atoms with Crippen molar-refractivity contribution in [3.63, 3.8) is 0 Å². The number of benzene rings is 4. The van der Waals surface area contributed by atoms with Gasteiger partial charge in [0, 0.05) is 0 Å². The summed E-state index contributed by atoms with van der Waals surface area (Å²) in [4.78, 5) is 0. The molecule has 0 saturated heterocycles. The van der Waals surface area contributed by atoms with Gasteiger partial charge in [0.15, 0.2) is 29.0 Å². The minimum atomic E-state index is -4.77. The maximum atomic E-state index is 14.7. The Morgan fingerprint density at radius 2 is 1.13 bits per heavy atom. The van der Waals surface area contributed by atoms with E-state index in [4.69, 9.17) is 4.74 Å². The third kappa shape index (κ3) is 5.41. The Hall–Kier alpha value is -4.15. The van der Waals surface area contributed by atoms with Crippen LogP contribution in [0.2, 0.25) is 0 Å². The summed E-state index contributed by atoms with van der Waals surface area (Å²) >= 11 is 0. The second kappa shape index (κ2) is 10.3. The van der Waals surface area contributed by atoms with Gasteiger partial charge in [0.25, 0.3) is 0 Å². The van der Waals surface area contributed by atoms with E-state index in [-0.39, 0.29) is 11.1 Å². The molecule has 0 atom stereocenters. The molecule has 0 aliphatic rings. The zero-order chi connectivity index (χ0) is 27.8. The summed E-state index contributed by atoms with van der Waals surface area (Å²) in [6.45, 7) is 1.03. The largest absolute Gasteiger partial charge is 0.486 e. The first-order chi connectivity index (χ1) is 17.9. The average Bonchev–Trinajstić information content (AvgIpc) is 2.84. The van der Waals surface area contributed by atoms with E-state index in [2.05, 4.69) is 4.74 Å². The summed E-state index contributed by atoms with van der Waals surface area (Å²) in [6, 6.07) is 9.92. The molecule has 0 heterocycles. The Balaban J connectivity index is 1.56. The van der Waals surface area contributed by atoms with Gasteiger partial charge in [0.2, 0.25) is 11.6 Å². The second-order valence-corrected chi connectivity index (χ2v) is 8.15. The Morgan fingerprint density at radius 1 is 0.605 bits per heavy atom. The van der Waals surface area contributed by atoms with Gasteiger partial charge in [-0.05, 0) is 60.0 Å². The van der Waals surface area contributed by atoms with E-state index in [1.54, 1.807) is 19.1 Å². The minimum absolute atomic E-state index is 0.0424. The fraction of sp³-hybridized carbons (Fsp3) is 0.111. The molecular weight excluding hydrogens is 527 g/mol. The molecule has 0 aromatic heterocycles. The molecule has 0 N–H and O–H groups in total. The maximum absolute atomic E-state index is 14.7. The fourth-order valence-corrected chi connectivity index (χ4v) is 3.51. The fourth-order valence-electron chi connectivity index (χ4n) is 3.51. The third-order valence-electron chi connectivity index (χ3n) is 5.41. The highest BCUT2D eigenvalue weighted by Crippen LogP contribution is 2.39. The molecule has 4 aromatic rings. The topological polar surface area (TPSA) is 18.5 Å². The van der Waals surface area contributed by atoms with Crippen LogP contribution in [0, 0.1) is 47.6 Å². The van der Waals surface area contributed by atoms with Gasteiger partial charge in [-0.25, -0.2) is 22.0 Å². The first-order valence-corrected chi connectivity index (χ1v) is 10.7. The predicted octanol–water partition coefficient (Wildman–Crippen LogP) is 8.34. The van der Waals surface area contributed by atoms with Crippen LogP contribution in [0.5, 0.6) is 11.5 Å². The number of halogens is 9. The Labute approximate surface area is 209 Å². The van der Waals surface area contributed by atoms with Crippen molar-refractivity contribution in [3.05, 3.63) is 118 Å². The highest BCUT2D eigenvalue weighted by molar-refractivity contribution is 5.64. The van der Waals surface area contributed by atoms with Crippen molar-refractivity contribution in [2.24, 2.45) is 0 Å². The normalized spacial score (nSPS) is 11.5. The van der Waals surface area contributed by atoms with E-state index < -0.39 is 70.5 Å². The van der Waals surface area contributed by atoms with Crippen molar-refractivity contribution >= 4 is 0 Å². The Bertz CT molecular complexity index is 1460. The van der Waals surface area contributed by atoms with Crippen LogP contribution in [0.4, 0.5) is 39.5 Å². The van der Waals surface area contributed by atoms with Gasteiger partial charge >= 0.3 is 6.11 Å². The summed E-state index contributed by atoms with van der Waals surface area (Å²) in [6.07, 6.45) is -4.77. The van der Waals surface area contributed by atoms with Crippen LogP contribution >= 0.6 is 0 Å². The van der Waals surface area contributed by atoms with Gasteiger partial charge in [0.05, 0.1) is 0 Å². The third-order valence-corrected chi connectivity index (χ3v) is 5.41. The summed E-state index contributed by atoms with van der Waals surface area (Å²) in [5.41, 5.74) is -0.949. The minimum Gasteiger partial charge on any atom is -0.486 e. The highest BCUT2D eigenvalue weighted by atomic mass is 19.3. The van der Waals surface area contributed by atoms with Crippen LogP contribution in [-0.4, -0.2) is 0 Å². The predicted molar refractivity (Wildman–Crippen MR) is 118 cm³/mol. The van der Waals surface area contributed by atoms with Crippen molar-refractivity contribution in [1.82, 2.24) is 0 Å². The smallest absolute Gasteiger partial charge is 0.432 e. The first-order valence-electron chi connectivity index (χ1n) is 10.7. The van der Waals surface area contributed by atoms with Gasteiger partial charge in [0.1, 0.15) is 23.8 Å². The van der Waals surface area contributed by atoms with Gasteiger partial charge in [-0.15, -0.1) is 0 Å². The van der Waals surface area contributed by atoms with E-state index in [1.807, 2.05) is 0 Å². The van der Waals surface area contributed by atoms with Crippen LogP contribution in [0.3, 0.4) is 0 Å². The molecule has 0 aliphatic carbocycles. The quantitative estimate of drug-likeness (QED) is 0.173. The number of rotatable bonds is 7. The number of hydrogen-bond donors (Lipinski definition) is 0. The zero-order valence-corrected chi connectivity index (χ0v) is 19.2. The number of alkyl halides is 2. The van der Waals surface area contributed by atoms with Gasteiger partial charge in [-0.1, -0.05) is 29.8 Å². The summed E-state index contributed by atoms with van der Waals surface area (Å²) in [5, 5.41) is 0. The Kier molecular flexibility index (Phi) is 7.30. The van der Waals surface area contributed by atoms with Crippen LogP contribution in [0.1, 0.15) is 16.7 Å². The lowest BCUT2D eigenvalue weighted by atomic mass is 10.0. The van der Waals surface area contributed by atoms with Gasteiger partial charge < -0.3 is 9.47 Å². The number of ether oxygens (including phenoxy) is 2. The molecular formula is C27H15F9O2. The summed E-state index contributed by atoms with van der Waals surface area (Å²) < 4.78 is 136. The molecule has 0 fully saturated rings. The monoisotopic (exact) mass is 542 g/mol. The lowest BCUT2D eigenvalue weighted by Crippen LogP contribution is -2.26. The van der Waals surface area contributed by atoms with Crippen LogP contribution in [0.15, 0.2) is 60.7 Å². The molecule has 38 heavy (non-hydrogen) atoms. The SMILES string of the molecule is Cc1ccc(-c2cc(F)c(C(F)(F)Oc3ccc(OCc4cc(F)c(F)c(F)c4)c(F)c3F)c(F)c2)cc1. The highest BCUT2D eigenvalue weighted by Gasteiger charge is 2.42. The van der Waals surface area contributed by atoms with Crippen LogP contribution in [0.25, 0.3) is 11.1 Å². The average molecular weight is 542 g/mol. The van der Waals surface area contributed by atoms with Crippen molar-refractivity contribution in [2.45, 2.75) is 19.6 Å². The van der Waals surface area contributed by atoms with Crippen LogP contribution in [-0.2, 0) is 12.7 Å². The standard InChI is InChI=1S/C27H15F9O2/c1-13-2-4-15(5-3-13)16-10-17(28)23(18(29)11-16)27(35,36)38-22-7-6-21(25(33)26(22)34)37-12-14-8-19(30)24(32)20(31)9-14/h2-11H,12H2,1H3. The lowest BCUT2D eigenvalue weighted by molar-refractivity contribution is -0.191. The van der Waals surface area contributed by atoms with Gasteiger partial charge in [-0.3, -0.25) is 0 Å². The van der Waals surface area contributed by atoms with E-state index in [0.29, 0.717) is 42.0 Å². The van der Waals surface area contributed by atoms with E-state index >= 15 is 0 Å². The Morgan fingerprint density at radius 3 is 1.71 bits per heavy atom. The number of hydrogen-bond acceptors (Lipinski definition) is 2. The van der Waals surface area contributed by atoms with E-state index in [1.165, 1.54) is 12.1 Å². The van der Waals surface area contributed by atoms with Crippen molar-refractivity contribution in [2.75, 3.05) is 0 Å². The van der Waals surface area contributed by atoms with Crippen molar-refractivity contribution in [3.8, 4) is 22.6 Å². The van der Waals surface area contributed by atoms with E-state index in [0.717, 1.165) is 5.56 Å². The van der Waals surface area contributed by atoms with Crippen molar-refractivity contribution < 1.29 is 49.0 Å². The molecule has 2 nitrogen and oxygen atoms in total. The molecule has 4 aromatic carbocycles. The molecule has 4 rings (SSSR count). The molecule has 0 unspecified atom stereocenters. The molecule has 0 bridgehead atoms. The summed E-state index contributed by atoms with van der Waals surface area (Å²) in [5.74, 6) is -14.3. The molecule has 11 heteroatoms. The molecule has 198 valence electrons. The van der Waals surface area contributed by atoms with E-state index in [9.17, 15) is 39.5 Å². The van der Waals surface area contributed by atoms with Crippen molar-refractivity contribution in [1.29, 1.82) is 0 Å². The lowest BCUT2D eigenvalue weighted by Gasteiger charge is -2.21. The molecule has 0 spiro atoms. The first kappa shape index (κ1) is 26.9.